The van der Waals surface area contributed by atoms with Gasteiger partial charge in [-0.05, 0) is 86.0 Å². The molecule has 4 aromatic carbocycles. The Labute approximate surface area is 262 Å². The second kappa shape index (κ2) is 11.4. The molecular weight excluding hydrogens is 770 g/mol. The standard InChI is InChI=1S/C30H17Br4N3O3/c31-20-10-9-19(22(32)14-20)16-39-28-23(33)11-17(12-24(28)34)15-35-37-29(27-13-18-5-1-4-8-26(18)40-27)36-25-7-3-2-6-21(25)30(37)38/h1-15H,16H2. The third-order valence-corrected chi connectivity index (χ3v) is 8.54. The minimum absolute atomic E-state index is 0.296. The molecule has 10 heteroatoms. The number of hydrogen-bond acceptors (Lipinski definition) is 5. The van der Waals surface area contributed by atoms with Crippen LogP contribution in [0.25, 0.3) is 33.5 Å². The molecule has 0 aliphatic heterocycles. The molecule has 0 spiro atoms. The van der Waals surface area contributed by atoms with E-state index in [9.17, 15) is 4.79 Å². The Morgan fingerprint density at radius 3 is 2.40 bits per heavy atom. The molecule has 2 aromatic heterocycles. The van der Waals surface area contributed by atoms with E-state index in [1.165, 1.54) is 4.68 Å². The van der Waals surface area contributed by atoms with Crippen molar-refractivity contribution in [2.45, 2.75) is 6.61 Å². The maximum absolute atomic E-state index is 13.5. The molecule has 0 saturated heterocycles. The minimum atomic E-state index is -0.296. The van der Waals surface area contributed by atoms with E-state index in [4.69, 9.17) is 14.1 Å². The van der Waals surface area contributed by atoms with E-state index in [0.717, 1.165) is 34.4 Å². The molecule has 0 radical (unpaired) electrons. The van der Waals surface area contributed by atoms with Crippen LogP contribution in [0.5, 0.6) is 5.75 Å². The van der Waals surface area contributed by atoms with Crippen LogP contribution < -0.4 is 10.3 Å². The number of aromatic nitrogens is 2. The Morgan fingerprint density at radius 2 is 1.62 bits per heavy atom. The van der Waals surface area contributed by atoms with Crippen LogP contribution in [-0.4, -0.2) is 15.9 Å². The highest BCUT2D eigenvalue weighted by Gasteiger charge is 2.17. The molecule has 2 heterocycles. The van der Waals surface area contributed by atoms with Crippen molar-refractivity contribution in [3.63, 3.8) is 0 Å². The normalized spacial score (nSPS) is 11.6. The quantitative estimate of drug-likeness (QED) is 0.158. The molecule has 0 N–H and O–H groups in total. The fourth-order valence-corrected chi connectivity index (χ4v) is 6.80. The molecule has 0 aliphatic carbocycles. The van der Waals surface area contributed by atoms with Crippen LogP contribution in [0, 0.1) is 0 Å². The van der Waals surface area contributed by atoms with Crippen molar-refractivity contribution >= 4 is 91.8 Å². The lowest BCUT2D eigenvalue weighted by atomic mass is 10.2. The Kier molecular flexibility index (Phi) is 7.76. The van der Waals surface area contributed by atoms with Gasteiger partial charge in [0.15, 0.2) is 5.76 Å². The van der Waals surface area contributed by atoms with Crippen LogP contribution in [0.2, 0.25) is 0 Å². The molecule has 0 unspecified atom stereocenters. The van der Waals surface area contributed by atoms with Gasteiger partial charge in [0.2, 0.25) is 5.82 Å². The summed E-state index contributed by atoms with van der Waals surface area (Å²) >= 11 is 14.3. The number of benzene rings is 4. The fraction of sp³-hybridized carbons (Fsp3) is 0.0333. The molecule has 0 fully saturated rings. The number of nitrogens with zero attached hydrogens (tertiary/aromatic N) is 3. The lowest BCUT2D eigenvalue weighted by Gasteiger charge is -2.12. The van der Waals surface area contributed by atoms with E-state index in [1.807, 2.05) is 66.7 Å². The summed E-state index contributed by atoms with van der Waals surface area (Å²) in [7, 11) is 0. The van der Waals surface area contributed by atoms with Gasteiger partial charge in [0.25, 0.3) is 5.56 Å². The number of hydrogen-bond donors (Lipinski definition) is 0. The second-order valence-electron chi connectivity index (χ2n) is 8.80. The summed E-state index contributed by atoms with van der Waals surface area (Å²) in [6.45, 7) is 0.373. The van der Waals surface area contributed by atoms with E-state index < -0.39 is 0 Å². The first-order valence-corrected chi connectivity index (χ1v) is 15.2. The highest BCUT2D eigenvalue weighted by atomic mass is 79.9. The molecular formula is C30H17Br4N3O3. The Bertz CT molecular complexity index is 1940. The topological polar surface area (TPSA) is 69.6 Å². The van der Waals surface area contributed by atoms with Gasteiger partial charge >= 0.3 is 0 Å². The Morgan fingerprint density at radius 1 is 0.875 bits per heavy atom. The van der Waals surface area contributed by atoms with E-state index in [0.29, 0.717) is 40.4 Å². The molecule has 0 bridgehead atoms. The summed E-state index contributed by atoms with van der Waals surface area (Å²) in [4.78, 5) is 18.3. The van der Waals surface area contributed by atoms with Crippen molar-refractivity contribution in [1.82, 2.24) is 9.66 Å². The first-order valence-electron chi connectivity index (χ1n) is 12.0. The molecule has 0 atom stereocenters. The van der Waals surface area contributed by atoms with Gasteiger partial charge in [0.05, 0.1) is 26.1 Å². The summed E-state index contributed by atoms with van der Waals surface area (Å²) < 4.78 is 16.8. The third-order valence-electron chi connectivity index (χ3n) is 6.13. The van der Waals surface area contributed by atoms with Crippen LogP contribution >= 0.6 is 63.7 Å². The summed E-state index contributed by atoms with van der Waals surface area (Å²) in [5.41, 5.74) is 2.73. The summed E-state index contributed by atoms with van der Waals surface area (Å²) in [5, 5.41) is 5.94. The maximum atomic E-state index is 13.5. The number of halogens is 4. The minimum Gasteiger partial charge on any atom is -0.486 e. The molecule has 6 rings (SSSR count). The van der Waals surface area contributed by atoms with Crippen molar-refractivity contribution < 1.29 is 9.15 Å². The largest absolute Gasteiger partial charge is 0.486 e. The van der Waals surface area contributed by atoms with Gasteiger partial charge in [-0.15, -0.1) is 0 Å². The monoisotopic (exact) mass is 783 g/mol. The van der Waals surface area contributed by atoms with Crippen molar-refractivity contribution in [3.8, 4) is 17.3 Å². The average molecular weight is 787 g/mol. The smallest absolute Gasteiger partial charge is 0.282 e. The Hall–Kier alpha value is -3.05. The molecule has 0 saturated carbocycles. The molecule has 0 amide bonds. The van der Waals surface area contributed by atoms with Gasteiger partial charge in [-0.2, -0.15) is 9.78 Å². The molecule has 40 heavy (non-hydrogen) atoms. The van der Waals surface area contributed by atoms with Crippen LogP contribution in [0.4, 0.5) is 0 Å². The first-order chi connectivity index (χ1) is 19.4. The number of furan rings is 1. The predicted molar refractivity (Wildman–Crippen MR) is 172 cm³/mol. The molecule has 6 aromatic rings. The van der Waals surface area contributed by atoms with E-state index in [2.05, 4.69) is 68.8 Å². The zero-order valence-electron chi connectivity index (χ0n) is 20.4. The van der Waals surface area contributed by atoms with Gasteiger partial charge in [0.1, 0.15) is 17.9 Å². The van der Waals surface area contributed by atoms with E-state index >= 15 is 0 Å². The SMILES string of the molecule is O=c1c2ccccc2nc(-c2cc3ccccc3o2)n1N=Cc1cc(Br)c(OCc2ccc(Br)cc2Br)c(Br)c1. The van der Waals surface area contributed by atoms with Crippen molar-refractivity contribution in [2.75, 3.05) is 0 Å². The zero-order chi connectivity index (χ0) is 27.8. The number of rotatable bonds is 6. The second-order valence-corrected chi connectivity index (χ2v) is 12.3. The van der Waals surface area contributed by atoms with Gasteiger partial charge in [-0.3, -0.25) is 4.79 Å². The van der Waals surface area contributed by atoms with Crippen molar-refractivity contribution in [3.05, 3.63) is 124 Å². The predicted octanol–water partition coefficient (Wildman–Crippen LogP) is 9.32. The highest BCUT2D eigenvalue weighted by molar-refractivity contribution is 9.11. The van der Waals surface area contributed by atoms with Crippen LogP contribution in [0.1, 0.15) is 11.1 Å². The number of ether oxygens (including phenoxy) is 1. The van der Waals surface area contributed by atoms with Gasteiger partial charge in [0, 0.05) is 19.9 Å². The lowest BCUT2D eigenvalue weighted by molar-refractivity contribution is 0.301. The number of fused-ring (bicyclic) bond motifs is 2. The molecule has 0 aliphatic rings. The van der Waals surface area contributed by atoms with Crippen LogP contribution in [0.15, 0.2) is 117 Å². The maximum Gasteiger partial charge on any atom is 0.282 e. The average Bonchev–Trinajstić information content (AvgIpc) is 3.37. The highest BCUT2D eigenvalue weighted by Crippen LogP contribution is 2.36. The summed E-state index contributed by atoms with van der Waals surface area (Å²) in [6.07, 6.45) is 1.61. The van der Waals surface area contributed by atoms with Crippen LogP contribution in [-0.2, 0) is 6.61 Å². The van der Waals surface area contributed by atoms with Gasteiger partial charge < -0.3 is 9.15 Å². The van der Waals surface area contributed by atoms with E-state index in [-0.39, 0.29) is 5.56 Å². The van der Waals surface area contributed by atoms with Gasteiger partial charge in [-0.25, -0.2) is 4.98 Å². The zero-order valence-corrected chi connectivity index (χ0v) is 26.8. The summed E-state index contributed by atoms with van der Waals surface area (Å²) in [5.74, 6) is 1.42. The number of para-hydroxylation sites is 2. The third kappa shape index (κ3) is 5.45. The first kappa shape index (κ1) is 27.1. The Balaban J connectivity index is 1.36. The lowest BCUT2D eigenvalue weighted by Crippen LogP contribution is -2.20. The van der Waals surface area contributed by atoms with Crippen molar-refractivity contribution in [2.24, 2.45) is 5.10 Å². The van der Waals surface area contributed by atoms with Crippen molar-refractivity contribution in [1.29, 1.82) is 0 Å². The molecule has 6 nitrogen and oxygen atoms in total. The van der Waals surface area contributed by atoms with E-state index in [1.54, 1.807) is 24.4 Å². The summed E-state index contributed by atoms with van der Waals surface area (Å²) in [6, 6.07) is 26.4. The van der Waals surface area contributed by atoms with Gasteiger partial charge in [-0.1, -0.05) is 68.3 Å². The van der Waals surface area contributed by atoms with Crippen LogP contribution in [0.3, 0.4) is 0 Å². The molecule has 198 valence electrons. The fourth-order valence-electron chi connectivity index (χ4n) is 4.19.